The van der Waals surface area contributed by atoms with Gasteiger partial charge in [0.1, 0.15) is 12.7 Å². The Balaban J connectivity index is 4.30. The summed E-state index contributed by atoms with van der Waals surface area (Å²) in [6.07, 6.45) is 35.4. The number of aliphatic hydroxyl groups excluding tert-OH is 2. The van der Waals surface area contributed by atoms with Gasteiger partial charge in [0.25, 0.3) is 0 Å². The number of ketones is 1. The van der Waals surface area contributed by atoms with Crippen LogP contribution in [0.4, 0.5) is 0 Å². The third-order valence-corrected chi connectivity index (χ3v) is 11.0. The number of aliphatic hydroxyl groups is 2. The van der Waals surface area contributed by atoms with Crippen molar-refractivity contribution >= 4 is 25.5 Å². The van der Waals surface area contributed by atoms with Crippen LogP contribution in [-0.4, -0.2) is 71.5 Å². The molecule has 0 saturated carbocycles. The largest absolute Gasteiger partial charge is 0.472 e. The zero-order valence-corrected chi connectivity index (χ0v) is 37.8. The van der Waals surface area contributed by atoms with Gasteiger partial charge in [-0.3, -0.25) is 23.4 Å². The van der Waals surface area contributed by atoms with Crippen LogP contribution in [0.5, 0.6) is 0 Å². The minimum atomic E-state index is -4.64. The number of hydrogen-bond acceptors (Lipinski definition) is 10. The quantitative estimate of drug-likeness (QED) is 0.0176. The average molecular weight is 845 g/mol. The molecule has 0 aromatic heterocycles. The Morgan fingerprint density at radius 1 is 0.603 bits per heavy atom. The minimum absolute atomic E-state index is 0.109. The summed E-state index contributed by atoms with van der Waals surface area (Å²) in [5.74, 6) is -0.0729. The number of hydrogen-bond donors (Lipinski definition) is 3. The van der Waals surface area contributed by atoms with Crippen LogP contribution in [0, 0.1) is 5.92 Å². The summed E-state index contributed by atoms with van der Waals surface area (Å²) in [7, 11) is -4.64. The van der Waals surface area contributed by atoms with Crippen molar-refractivity contribution in [3.05, 3.63) is 24.3 Å². The molecule has 0 fully saturated rings. The number of esters is 2. The van der Waals surface area contributed by atoms with Gasteiger partial charge in [-0.1, -0.05) is 174 Å². The molecule has 0 spiro atoms. The van der Waals surface area contributed by atoms with Crippen LogP contribution in [0.2, 0.25) is 0 Å². The average Bonchev–Trinajstić information content (AvgIpc) is 3.19. The lowest BCUT2D eigenvalue weighted by molar-refractivity contribution is -0.161. The fourth-order valence-electron chi connectivity index (χ4n) is 6.40. The van der Waals surface area contributed by atoms with Gasteiger partial charge in [-0.2, -0.15) is 0 Å². The fraction of sp³-hybridized carbons (Fsp3) is 0.848. The van der Waals surface area contributed by atoms with Gasteiger partial charge in [0, 0.05) is 19.3 Å². The van der Waals surface area contributed by atoms with Gasteiger partial charge in [-0.05, 0) is 44.1 Å². The van der Waals surface area contributed by atoms with Gasteiger partial charge in [-0.25, -0.2) is 4.57 Å². The smallest absolute Gasteiger partial charge is 0.462 e. The van der Waals surface area contributed by atoms with E-state index in [4.69, 9.17) is 19.1 Å². The molecule has 0 aromatic rings. The number of phosphoric ester groups is 1. The molecule has 3 N–H and O–H groups in total. The van der Waals surface area contributed by atoms with E-state index in [1.54, 1.807) is 12.2 Å². The molecule has 0 rings (SSSR count). The molecule has 0 aliphatic rings. The highest BCUT2D eigenvalue weighted by atomic mass is 31.2. The maximum absolute atomic E-state index is 12.6. The zero-order valence-electron chi connectivity index (χ0n) is 36.9. The van der Waals surface area contributed by atoms with E-state index in [1.165, 1.54) is 103 Å². The predicted molar refractivity (Wildman–Crippen MR) is 233 cm³/mol. The Bertz CT molecular complexity index is 1090. The lowest BCUT2D eigenvalue weighted by Crippen LogP contribution is -2.29. The number of rotatable bonds is 43. The van der Waals surface area contributed by atoms with Crippen LogP contribution in [-0.2, 0) is 37.5 Å². The summed E-state index contributed by atoms with van der Waals surface area (Å²) >= 11 is 0. The highest BCUT2D eigenvalue weighted by molar-refractivity contribution is 7.47. The van der Waals surface area contributed by atoms with Crippen LogP contribution < -0.4 is 0 Å². The van der Waals surface area contributed by atoms with Gasteiger partial charge < -0.3 is 24.6 Å². The van der Waals surface area contributed by atoms with Gasteiger partial charge in [0.05, 0.1) is 19.8 Å². The van der Waals surface area contributed by atoms with Crippen LogP contribution in [0.25, 0.3) is 0 Å². The summed E-state index contributed by atoms with van der Waals surface area (Å²) in [6.45, 7) is 4.56. The Labute approximate surface area is 353 Å². The molecule has 12 heteroatoms. The topological polar surface area (TPSA) is 166 Å². The Morgan fingerprint density at radius 3 is 1.60 bits per heavy atom. The summed E-state index contributed by atoms with van der Waals surface area (Å²) in [6, 6.07) is 0. The predicted octanol–water partition coefficient (Wildman–Crippen LogP) is 11.6. The molecule has 1 unspecified atom stereocenters. The second-order valence-electron chi connectivity index (χ2n) is 16.3. The first-order valence-corrected chi connectivity index (χ1v) is 24.6. The number of ether oxygens (including phenoxy) is 2. The molecular weight excluding hydrogens is 759 g/mol. The van der Waals surface area contributed by atoms with E-state index in [-0.39, 0.29) is 25.2 Å². The maximum atomic E-state index is 12.6. The monoisotopic (exact) mass is 845 g/mol. The fourth-order valence-corrected chi connectivity index (χ4v) is 7.19. The number of carbonyl (C=O) groups excluding carboxylic acids is 3. The molecule has 0 aromatic carbocycles. The third-order valence-electron chi connectivity index (χ3n) is 10.0. The molecule has 3 atom stereocenters. The molecule has 340 valence electrons. The van der Waals surface area contributed by atoms with E-state index in [1.807, 2.05) is 6.08 Å². The SMILES string of the molecule is CCCCC/C=C\C=C\C(=O)CCCCCCCC(=O)OC[C@H](COP(=O)(O)OC[C@@H](O)CO)OC(=O)CCCCCCCCCCCCCCCCCCC(C)C. The zero-order chi connectivity index (χ0) is 43.0. The third kappa shape index (κ3) is 40.9. The van der Waals surface area contributed by atoms with Crippen molar-refractivity contribution in [3.63, 3.8) is 0 Å². The lowest BCUT2D eigenvalue weighted by Gasteiger charge is -2.20. The molecule has 0 amide bonds. The van der Waals surface area contributed by atoms with Crippen LogP contribution in [0.1, 0.15) is 207 Å². The molecule has 0 bridgehead atoms. The molecule has 0 aliphatic heterocycles. The van der Waals surface area contributed by atoms with Crippen molar-refractivity contribution in [2.45, 2.75) is 219 Å². The second kappa shape index (κ2) is 40.5. The number of carbonyl (C=O) groups is 3. The van der Waals surface area contributed by atoms with Gasteiger partial charge in [-0.15, -0.1) is 0 Å². The Kier molecular flexibility index (Phi) is 39.2. The molecule has 11 nitrogen and oxygen atoms in total. The van der Waals surface area contributed by atoms with Gasteiger partial charge in [0.15, 0.2) is 11.9 Å². The summed E-state index contributed by atoms with van der Waals surface area (Å²) in [4.78, 5) is 47.1. The number of unbranched alkanes of at least 4 members (excludes halogenated alkanes) is 22. The highest BCUT2D eigenvalue weighted by Gasteiger charge is 2.27. The van der Waals surface area contributed by atoms with E-state index in [9.17, 15) is 28.9 Å². The van der Waals surface area contributed by atoms with Gasteiger partial charge >= 0.3 is 19.8 Å². The van der Waals surface area contributed by atoms with Crippen molar-refractivity contribution in [1.82, 2.24) is 0 Å². The lowest BCUT2D eigenvalue weighted by atomic mass is 10.0. The first-order chi connectivity index (χ1) is 28.0. The molecule has 0 saturated heterocycles. The summed E-state index contributed by atoms with van der Waals surface area (Å²) in [5.41, 5.74) is 0. The molecular formula is C46H85O11P. The standard InChI is InChI=1S/C46H85O11P/c1-4-5-6-7-18-23-28-33-42(48)34-29-24-21-26-30-35-45(50)54-39-44(40-56-58(52,53)55-38-43(49)37-47)57-46(51)36-31-25-20-17-15-13-11-9-8-10-12-14-16-19-22-27-32-41(2)3/h18,23,28,33,41,43-44,47,49H,4-17,19-22,24-27,29-32,34-40H2,1-3H3,(H,52,53)/b23-18-,33-28+/t43-,44+/m0/s1. The number of allylic oxidation sites excluding steroid dienone is 4. The van der Waals surface area contributed by atoms with Crippen molar-refractivity contribution < 1.29 is 52.6 Å². The minimum Gasteiger partial charge on any atom is -0.462 e. The van der Waals surface area contributed by atoms with E-state index in [0.29, 0.717) is 19.3 Å². The summed E-state index contributed by atoms with van der Waals surface area (Å²) in [5, 5.41) is 18.3. The van der Waals surface area contributed by atoms with Crippen molar-refractivity contribution in [2.75, 3.05) is 26.4 Å². The molecule has 58 heavy (non-hydrogen) atoms. The van der Waals surface area contributed by atoms with Gasteiger partial charge in [0.2, 0.25) is 0 Å². The van der Waals surface area contributed by atoms with E-state index in [0.717, 1.165) is 57.3 Å². The first-order valence-electron chi connectivity index (χ1n) is 23.1. The van der Waals surface area contributed by atoms with Crippen molar-refractivity contribution in [2.24, 2.45) is 5.92 Å². The van der Waals surface area contributed by atoms with Crippen molar-refractivity contribution in [3.8, 4) is 0 Å². The summed E-state index contributed by atoms with van der Waals surface area (Å²) < 4.78 is 32.7. The van der Waals surface area contributed by atoms with Crippen molar-refractivity contribution in [1.29, 1.82) is 0 Å². The Morgan fingerprint density at radius 2 is 1.09 bits per heavy atom. The van der Waals surface area contributed by atoms with Crippen LogP contribution in [0.15, 0.2) is 24.3 Å². The second-order valence-corrected chi connectivity index (χ2v) is 17.8. The first kappa shape index (κ1) is 56.1. The van der Waals surface area contributed by atoms with E-state index >= 15 is 0 Å². The van der Waals surface area contributed by atoms with E-state index in [2.05, 4.69) is 31.4 Å². The molecule has 0 heterocycles. The maximum Gasteiger partial charge on any atom is 0.472 e. The highest BCUT2D eigenvalue weighted by Crippen LogP contribution is 2.43. The molecule has 0 radical (unpaired) electrons. The number of phosphoric acid groups is 1. The van der Waals surface area contributed by atoms with Crippen LogP contribution >= 0.6 is 7.82 Å². The Hall–Kier alpha value is -1.88. The van der Waals surface area contributed by atoms with E-state index < -0.39 is 51.8 Å². The van der Waals surface area contributed by atoms with Crippen LogP contribution in [0.3, 0.4) is 0 Å². The molecule has 0 aliphatic carbocycles. The normalized spacial score (nSPS) is 14.0.